The van der Waals surface area contributed by atoms with Gasteiger partial charge in [0.2, 0.25) is 0 Å². The topological polar surface area (TPSA) is 81.7 Å². The number of nitrogens with one attached hydrogen (secondary N) is 2. The highest BCUT2D eigenvalue weighted by molar-refractivity contribution is 7.98. The first kappa shape index (κ1) is 19.5. The molecule has 6 nitrogen and oxygen atoms in total. The highest BCUT2D eigenvalue weighted by Crippen LogP contribution is 2.27. The SMILES string of the molecule is CCN(CC(=O)O)C1CC(NC(=O)Nc2cc(F)c(SC)c(F)c2)C1. The van der Waals surface area contributed by atoms with Crippen LogP contribution in [0.5, 0.6) is 0 Å². The summed E-state index contributed by atoms with van der Waals surface area (Å²) < 4.78 is 27.4. The van der Waals surface area contributed by atoms with Gasteiger partial charge in [-0.25, -0.2) is 13.6 Å². The summed E-state index contributed by atoms with van der Waals surface area (Å²) in [5.41, 5.74) is 0.0437. The van der Waals surface area contributed by atoms with E-state index in [2.05, 4.69) is 10.6 Å². The normalized spacial score (nSPS) is 19.4. The Bertz CT molecular complexity index is 631. The number of carbonyl (C=O) groups excluding carboxylic acids is 1. The number of likely N-dealkylation sites (N-methyl/N-ethyl adjacent to an activating group) is 1. The molecular weight excluding hydrogens is 352 g/mol. The summed E-state index contributed by atoms with van der Waals surface area (Å²) in [6.07, 6.45) is 2.85. The lowest BCUT2D eigenvalue weighted by molar-refractivity contribution is -0.139. The molecule has 9 heteroatoms. The maximum atomic E-state index is 13.7. The Morgan fingerprint density at radius 1 is 1.32 bits per heavy atom. The van der Waals surface area contributed by atoms with Crippen LogP contribution in [0, 0.1) is 11.6 Å². The molecule has 0 unspecified atom stereocenters. The van der Waals surface area contributed by atoms with Gasteiger partial charge in [0.1, 0.15) is 11.6 Å². The van der Waals surface area contributed by atoms with Gasteiger partial charge in [0.25, 0.3) is 0 Å². The molecule has 1 aliphatic carbocycles. The third-order valence-electron chi connectivity index (χ3n) is 4.17. The van der Waals surface area contributed by atoms with Crippen LogP contribution in [0.2, 0.25) is 0 Å². The molecule has 0 heterocycles. The molecule has 1 aliphatic rings. The molecule has 2 rings (SSSR count). The molecular formula is C16H21F2N3O3S. The van der Waals surface area contributed by atoms with E-state index in [1.807, 2.05) is 11.8 Å². The predicted molar refractivity (Wildman–Crippen MR) is 92.0 cm³/mol. The maximum absolute atomic E-state index is 13.7. The first-order valence-corrected chi connectivity index (χ1v) is 9.12. The van der Waals surface area contributed by atoms with Crippen molar-refractivity contribution in [3.05, 3.63) is 23.8 Å². The average molecular weight is 373 g/mol. The quantitative estimate of drug-likeness (QED) is 0.641. The molecule has 0 aromatic heterocycles. The molecule has 1 aromatic carbocycles. The van der Waals surface area contributed by atoms with Crippen molar-refractivity contribution in [2.75, 3.05) is 24.7 Å². The molecule has 0 aliphatic heterocycles. The summed E-state index contributed by atoms with van der Waals surface area (Å²) in [7, 11) is 0. The van der Waals surface area contributed by atoms with E-state index in [9.17, 15) is 18.4 Å². The molecule has 0 bridgehead atoms. The Labute approximate surface area is 149 Å². The molecule has 0 saturated heterocycles. The van der Waals surface area contributed by atoms with E-state index in [0.717, 1.165) is 23.9 Å². The van der Waals surface area contributed by atoms with Crippen molar-refractivity contribution in [3.8, 4) is 0 Å². The van der Waals surface area contributed by atoms with Crippen LogP contribution in [-0.2, 0) is 4.79 Å². The van der Waals surface area contributed by atoms with Crippen molar-refractivity contribution in [1.29, 1.82) is 0 Å². The Kier molecular flexibility index (Phi) is 6.60. The third-order valence-corrected chi connectivity index (χ3v) is 4.97. The zero-order valence-corrected chi connectivity index (χ0v) is 14.8. The second-order valence-corrected chi connectivity index (χ2v) is 6.67. The number of rotatable bonds is 7. The number of carbonyl (C=O) groups is 2. The monoisotopic (exact) mass is 373 g/mol. The van der Waals surface area contributed by atoms with Crippen molar-refractivity contribution in [3.63, 3.8) is 0 Å². The number of hydrogen-bond acceptors (Lipinski definition) is 4. The second kappa shape index (κ2) is 8.48. The van der Waals surface area contributed by atoms with Gasteiger partial charge in [-0.15, -0.1) is 11.8 Å². The number of thioether (sulfide) groups is 1. The molecule has 1 saturated carbocycles. The van der Waals surface area contributed by atoms with Gasteiger partial charge in [-0.05, 0) is 37.8 Å². The van der Waals surface area contributed by atoms with Gasteiger partial charge in [0, 0.05) is 17.8 Å². The van der Waals surface area contributed by atoms with Crippen LogP contribution in [0.1, 0.15) is 19.8 Å². The summed E-state index contributed by atoms with van der Waals surface area (Å²) in [4.78, 5) is 24.5. The fourth-order valence-electron chi connectivity index (χ4n) is 2.86. The molecule has 138 valence electrons. The van der Waals surface area contributed by atoms with Crippen LogP contribution in [0.3, 0.4) is 0 Å². The Morgan fingerprint density at radius 2 is 1.92 bits per heavy atom. The Balaban J connectivity index is 1.83. The summed E-state index contributed by atoms with van der Waals surface area (Å²) in [6.45, 7) is 2.48. The van der Waals surface area contributed by atoms with Gasteiger partial charge in [0.05, 0.1) is 11.4 Å². The highest BCUT2D eigenvalue weighted by Gasteiger charge is 2.34. The van der Waals surface area contributed by atoms with E-state index >= 15 is 0 Å². The number of hydrogen-bond donors (Lipinski definition) is 3. The lowest BCUT2D eigenvalue weighted by Gasteiger charge is -2.42. The van der Waals surface area contributed by atoms with E-state index in [1.165, 1.54) is 0 Å². The molecule has 2 amide bonds. The van der Waals surface area contributed by atoms with Crippen LogP contribution in [0.4, 0.5) is 19.3 Å². The van der Waals surface area contributed by atoms with Crippen LogP contribution in [0.25, 0.3) is 0 Å². The lowest BCUT2D eigenvalue weighted by Crippen LogP contribution is -2.55. The van der Waals surface area contributed by atoms with Gasteiger partial charge in [-0.2, -0.15) is 0 Å². The van der Waals surface area contributed by atoms with E-state index in [0.29, 0.717) is 19.4 Å². The highest BCUT2D eigenvalue weighted by atomic mass is 32.2. The molecule has 25 heavy (non-hydrogen) atoms. The third kappa shape index (κ3) is 5.05. The largest absolute Gasteiger partial charge is 0.480 e. The van der Waals surface area contributed by atoms with Gasteiger partial charge < -0.3 is 15.7 Å². The van der Waals surface area contributed by atoms with E-state index in [-0.39, 0.29) is 29.2 Å². The Morgan fingerprint density at radius 3 is 2.40 bits per heavy atom. The predicted octanol–water partition coefficient (Wildman–Crippen LogP) is 2.75. The number of amides is 2. The van der Waals surface area contributed by atoms with Crippen LogP contribution < -0.4 is 10.6 Å². The number of aliphatic carboxylic acids is 1. The number of nitrogens with zero attached hydrogens (tertiary/aromatic N) is 1. The fourth-order valence-corrected chi connectivity index (χ4v) is 3.36. The summed E-state index contributed by atoms with van der Waals surface area (Å²) in [6, 6.07) is 1.63. The van der Waals surface area contributed by atoms with Crippen molar-refractivity contribution < 1.29 is 23.5 Å². The smallest absolute Gasteiger partial charge is 0.319 e. The molecule has 3 N–H and O–H groups in total. The minimum absolute atomic E-state index is 0.0274. The molecule has 1 fully saturated rings. The van der Waals surface area contributed by atoms with Gasteiger partial charge in [-0.3, -0.25) is 9.69 Å². The molecule has 0 atom stereocenters. The molecule has 0 spiro atoms. The second-order valence-electron chi connectivity index (χ2n) is 5.85. The van der Waals surface area contributed by atoms with Gasteiger partial charge in [0.15, 0.2) is 0 Å². The summed E-state index contributed by atoms with van der Waals surface area (Å²) in [5.74, 6) is -2.33. The zero-order chi connectivity index (χ0) is 18.6. The van der Waals surface area contributed by atoms with Crippen LogP contribution >= 0.6 is 11.8 Å². The van der Waals surface area contributed by atoms with E-state index in [4.69, 9.17) is 5.11 Å². The minimum Gasteiger partial charge on any atom is -0.480 e. The van der Waals surface area contributed by atoms with Crippen molar-refractivity contribution >= 4 is 29.4 Å². The van der Waals surface area contributed by atoms with Crippen LogP contribution in [0.15, 0.2) is 17.0 Å². The fraction of sp³-hybridized carbons (Fsp3) is 0.500. The van der Waals surface area contributed by atoms with Gasteiger partial charge >= 0.3 is 12.0 Å². The maximum Gasteiger partial charge on any atom is 0.319 e. The number of carboxylic acid groups (broad SMARTS) is 1. The first-order valence-electron chi connectivity index (χ1n) is 7.90. The van der Waals surface area contributed by atoms with Gasteiger partial charge in [-0.1, -0.05) is 6.92 Å². The minimum atomic E-state index is -0.881. The van der Waals surface area contributed by atoms with Crippen LogP contribution in [-0.4, -0.2) is 53.4 Å². The average Bonchev–Trinajstić information content (AvgIpc) is 2.48. The summed E-state index contributed by atoms with van der Waals surface area (Å²) in [5, 5.41) is 14.0. The number of urea groups is 1. The number of anilines is 1. The lowest BCUT2D eigenvalue weighted by atomic mass is 9.85. The molecule has 0 radical (unpaired) electrons. The number of carboxylic acids is 1. The van der Waals surface area contributed by atoms with E-state index in [1.54, 1.807) is 6.26 Å². The number of halogens is 2. The number of benzene rings is 1. The summed E-state index contributed by atoms with van der Waals surface area (Å²) >= 11 is 0.957. The van der Waals surface area contributed by atoms with E-state index < -0.39 is 23.6 Å². The van der Waals surface area contributed by atoms with Crippen molar-refractivity contribution in [2.45, 2.75) is 36.7 Å². The van der Waals surface area contributed by atoms with Crippen molar-refractivity contribution in [1.82, 2.24) is 10.2 Å². The zero-order valence-electron chi connectivity index (χ0n) is 14.0. The standard InChI is InChI=1S/C16H21F2N3O3S/c1-3-21(8-14(22)23)11-4-9(5-11)19-16(24)20-10-6-12(17)15(25-2)13(18)7-10/h6-7,9,11H,3-5,8H2,1-2H3,(H,22,23)(H2,19,20,24). The van der Waals surface area contributed by atoms with Crippen molar-refractivity contribution in [2.24, 2.45) is 0 Å². The first-order chi connectivity index (χ1) is 11.8. The Hall–Kier alpha value is -1.87. The molecule has 1 aromatic rings.